The molecule has 6 rings (SSSR count). The molecule has 43 heavy (non-hydrogen) atoms. The van der Waals surface area contributed by atoms with E-state index >= 15 is 0 Å². The van der Waals surface area contributed by atoms with Gasteiger partial charge in [-0.1, -0.05) is 35.4 Å². The average Bonchev–Trinajstić information content (AvgIpc) is 3.00. The van der Waals surface area contributed by atoms with Gasteiger partial charge in [0.1, 0.15) is 5.82 Å². The molecule has 224 valence electrons. The predicted octanol–water partition coefficient (Wildman–Crippen LogP) is 6.07. The Morgan fingerprint density at radius 1 is 1.02 bits per heavy atom. The number of carbonyl (C=O) groups is 2. The summed E-state index contributed by atoms with van der Waals surface area (Å²) >= 11 is 6.20. The van der Waals surface area contributed by atoms with E-state index in [0.717, 1.165) is 37.1 Å². The number of hydrogen-bond acceptors (Lipinski definition) is 4. The minimum absolute atomic E-state index is 0.0237. The van der Waals surface area contributed by atoms with Crippen LogP contribution in [-0.2, 0) is 17.8 Å². The molecular weight excluding hydrogens is 567 g/mol. The largest absolute Gasteiger partial charge is 0.369 e. The van der Waals surface area contributed by atoms with Gasteiger partial charge in [0.15, 0.2) is 0 Å². The van der Waals surface area contributed by atoms with E-state index in [2.05, 4.69) is 21.6 Å². The van der Waals surface area contributed by atoms with E-state index in [1.165, 1.54) is 30.5 Å². The topological polar surface area (TPSA) is 83.4 Å². The van der Waals surface area contributed by atoms with Crippen molar-refractivity contribution < 1.29 is 14.0 Å². The zero-order chi connectivity index (χ0) is 29.9. The summed E-state index contributed by atoms with van der Waals surface area (Å²) in [5.41, 5.74) is 4.29. The molecule has 2 bridgehead atoms. The monoisotopic (exact) mass is 602 g/mol. The second-order valence-corrected chi connectivity index (χ2v) is 12.3. The Bertz CT molecular complexity index is 1610. The Hall–Kier alpha value is -3.91. The fourth-order valence-electron chi connectivity index (χ4n) is 6.77. The van der Waals surface area contributed by atoms with Crippen LogP contribution < -0.4 is 21.1 Å². The van der Waals surface area contributed by atoms with Gasteiger partial charge < -0.3 is 20.1 Å². The number of aromatic nitrogens is 1. The highest BCUT2D eigenvalue weighted by molar-refractivity contribution is 6.31. The van der Waals surface area contributed by atoms with Crippen molar-refractivity contribution >= 4 is 34.8 Å². The van der Waals surface area contributed by atoms with Crippen LogP contribution in [0.15, 0.2) is 71.0 Å². The quantitative estimate of drug-likeness (QED) is 0.307. The molecule has 2 N–H and O–H groups in total. The van der Waals surface area contributed by atoms with E-state index in [9.17, 15) is 18.8 Å². The molecule has 0 saturated carbocycles. The zero-order valence-electron chi connectivity index (χ0n) is 24.1. The summed E-state index contributed by atoms with van der Waals surface area (Å²) in [6.07, 6.45) is 8.48. The fourth-order valence-corrected chi connectivity index (χ4v) is 7.00. The van der Waals surface area contributed by atoms with Gasteiger partial charge in [-0.25, -0.2) is 4.39 Å². The number of nitrogens with one attached hydrogen (secondary N) is 2. The highest BCUT2D eigenvalue weighted by Gasteiger charge is 2.35. The van der Waals surface area contributed by atoms with Gasteiger partial charge in [0, 0.05) is 60.0 Å². The number of rotatable bonds is 8. The molecule has 1 fully saturated rings. The van der Waals surface area contributed by atoms with Crippen LogP contribution in [0.3, 0.4) is 0 Å². The first-order valence-corrected chi connectivity index (χ1v) is 15.5. The van der Waals surface area contributed by atoms with Crippen molar-refractivity contribution in [2.75, 3.05) is 29.9 Å². The van der Waals surface area contributed by atoms with Gasteiger partial charge in [-0.15, -0.1) is 0 Å². The molecule has 2 amide bonds. The lowest BCUT2D eigenvalue weighted by Gasteiger charge is -2.44. The molecule has 0 radical (unpaired) electrons. The number of carbonyl (C=O) groups excluding carboxylic acids is 2. The number of amides is 2. The van der Waals surface area contributed by atoms with Crippen LogP contribution in [0.1, 0.15) is 66.1 Å². The number of hydrogen-bond donors (Lipinski definition) is 2. The molecule has 9 heteroatoms. The summed E-state index contributed by atoms with van der Waals surface area (Å²) in [6, 6.07) is 15.1. The fraction of sp³-hybridized carbons (Fsp3) is 0.382. The number of nitrogens with zero attached hydrogens (tertiary/aromatic N) is 2. The maximum atomic E-state index is 14.5. The number of fused-ring (bicyclic) bond motifs is 4. The first-order valence-electron chi connectivity index (χ1n) is 15.1. The minimum atomic E-state index is -0.540. The molecule has 2 atom stereocenters. The highest BCUT2D eigenvalue weighted by atomic mass is 35.5. The second-order valence-electron chi connectivity index (χ2n) is 11.9. The molecular formula is C34H36ClFN4O3. The number of halogens is 2. The van der Waals surface area contributed by atoms with Crippen LogP contribution in [-0.4, -0.2) is 36.0 Å². The molecule has 0 unspecified atom stereocenters. The molecule has 1 aliphatic carbocycles. The van der Waals surface area contributed by atoms with Crippen molar-refractivity contribution in [2.45, 2.75) is 57.4 Å². The van der Waals surface area contributed by atoms with Crippen LogP contribution in [0, 0.1) is 11.7 Å². The molecule has 0 spiro atoms. The maximum Gasteiger partial charge on any atom is 0.251 e. The van der Waals surface area contributed by atoms with Crippen LogP contribution >= 0.6 is 11.6 Å². The van der Waals surface area contributed by atoms with Gasteiger partial charge in [0.05, 0.1) is 17.8 Å². The smallest absolute Gasteiger partial charge is 0.251 e. The van der Waals surface area contributed by atoms with Crippen LogP contribution in [0.25, 0.3) is 0 Å². The van der Waals surface area contributed by atoms with E-state index in [4.69, 9.17) is 11.6 Å². The van der Waals surface area contributed by atoms with Gasteiger partial charge in [0.25, 0.3) is 11.5 Å². The van der Waals surface area contributed by atoms with Gasteiger partial charge >= 0.3 is 0 Å². The van der Waals surface area contributed by atoms with E-state index in [1.807, 2.05) is 22.8 Å². The van der Waals surface area contributed by atoms with Gasteiger partial charge in [-0.2, -0.15) is 0 Å². The third-order valence-electron chi connectivity index (χ3n) is 8.87. The van der Waals surface area contributed by atoms with Crippen LogP contribution in [0.2, 0.25) is 5.02 Å². The lowest BCUT2D eigenvalue weighted by atomic mass is 9.83. The first-order chi connectivity index (χ1) is 20.9. The van der Waals surface area contributed by atoms with E-state index in [0.29, 0.717) is 37.4 Å². The normalized spacial score (nSPS) is 19.3. The molecule has 1 aromatic heterocycles. The minimum Gasteiger partial charge on any atom is -0.369 e. The molecule has 3 heterocycles. The molecule has 3 aromatic rings. The Kier molecular flexibility index (Phi) is 8.66. The maximum absolute atomic E-state index is 14.5. The van der Waals surface area contributed by atoms with Crippen molar-refractivity contribution in [3.63, 3.8) is 0 Å². The Morgan fingerprint density at radius 3 is 2.70 bits per heavy atom. The Labute approximate surface area is 255 Å². The lowest BCUT2D eigenvalue weighted by Crippen LogP contribution is -2.47. The summed E-state index contributed by atoms with van der Waals surface area (Å²) in [5, 5.41) is 6.17. The van der Waals surface area contributed by atoms with Crippen molar-refractivity contribution in [1.29, 1.82) is 0 Å². The lowest BCUT2D eigenvalue weighted by molar-refractivity contribution is -0.115. The van der Waals surface area contributed by atoms with Gasteiger partial charge in [-0.3, -0.25) is 14.4 Å². The number of pyridine rings is 1. The number of benzene rings is 2. The Morgan fingerprint density at radius 2 is 1.88 bits per heavy atom. The summed E-state index contributed by atoms with van der Waals surface area (Å²) in [5.74, 6) is -0.742. The standard InChI is InChI=1S/C34H36ClFN4O3/c35-27-8-4-9-28(36)26(27)18-32(41)38-29-17-24(34(43)37-15-14-22-6-2-1-3-7-22)12-13-31(29)39-19-23-16-25(21-39)30-10-5-11-33(42)40(30)20-23/h4-6,8-13,17,23,25H,1-3,7,14-16,18-21H2,(H,37,43)(H,38,41)/t23-,25+/m1/s1. The van der Waals surface area contributed by atoms with Crippen LogP contribution in [0.5, 0.6) is 0 Å². The molecule has 2 aliphatic heterocycles. The van der Waals surface area contributed by atoms with Crippen molar-refractivity contribution in [1.82, 2.24) is 9.88 Å². The van der Waals surface area contributed by atoms with E-state index < -0.39 is 11.7 Å². The number of anilines is 2. The highest BCUT2D eigenvalue weighted by Crippen LogP contribution is 2.39. The van der Waals surface area contributed by atoms with Gasteiger partial charge in [0.2, 0.25) is 5.91 Å². The molecule has 3 aliphatic rings. The van der Waals surface area contributed by atoms with Crippen molar-refractivity contribution in [2.24, 2.45) is 5.92 Å². The number of allylic oxidation sites excluding steroid dienone is 1. The third kappa shape index (κ3) is 6.54. The summed E-state index contributed by atoms with van der Waals surface area (Å²) < 4.78 is 16.4. The van der Waals surface area contributed by atoms with E-state index in [-0.39, 0.29) is 40.3 Å². The summed E-state index contributed by atoms with van der Waals surface area (Å²) in [6.45, 7) is 2.57. The molecule has 2 aromatic carbocycles. The second kappa shape index (κ2) is 12.8. The molecule has 7 nitrogen and oxygen atoms in total. The van der Waals surface area contributed by atoms with Gasteiger partial charge in [-0.05, 0) is 80.8 Å². The summed E-state index contributed by atoms with van der Waals surface area (Å²) in [4.78, 5) is 41.1. The zero-order valence-corrected chi connectivity index (χ0v) is 24.8. The van der Waals surface area contributed by atoms with Crippen molar-refractivity contribution in [3.8, 4) is 0 Å². The number of piperidine rings is 1. The van der Waals surface area contributed by atoms with Crippen LogP contribution in [0.4, 0.5) is 15.8 Å². The molecule has 1 saturated heterocycles. The predicted molar refractivity (Wildman–Crippen MR) is 167 cm³/mol. The SMILES string of the molecule is O=C(Cc1c(F)cccc1Cl)Nc1cc(C(=O)NCCC2=CCCCC2)ccc1N1C[C@H]2C[C@@H](C1)c1cccc(=O)n1C2. The third-order valence-corrected chi connectivity index (χ3v) is 9.22. The van der Waals surface area contributed by atoms with E-state index in [1.54, 1.807) is 24.3 Å². The van der Waals surface area contributed by atoms with Crippen molar-refractivity contribution in [3.05, 3.63) is 104 Å². The first kappa shape index (κ1) is 29.2. The Balaban J connectivity index is 1.24. The average molecular weight is 603 g/mol. The summed E-state index contributed by atoms with van der Waals surface area (Å²) in [7, 11) is 0.